The zero-order valence-corrected chi connectivity index (χ0v) is 5.68. The number of ether oxygens (including phenoxy) is 1. The van der Waals surface area contributed by atoms with E-state index in [-0.39, 0.29) is 12.9 Å². The Labute approximate surface area is 57.6 Å². The molecule has 0 spiro atoms. The summed E-state index contributed by atoms with van der Waals surface area (Å²) < 4.78 is 4.30. The summed E-state index contributed by atoms with van der Waals surface area (Å²) in [5.41, 5.74) is 0. The van der Waals surface area contributed by atoms with Gasteiger partial charge in [-0.15, -0.1) is 0 Å². The first kappa shape index (κ1) is 8.68. The van der Waals surface area contributed by atoms with Crippen molar-refractivity contribution in [3.8, 4) is 0 Å². The Kier molecular flexibility index (Phi) is 5.60. The van der Waals surface area contributed by atoms with Crippen LogP contribution in [0.4, 0.5) is 0 Å². The SMILES string of the molecule is CC(=O)OCOOCCl. The van der Waals surface area contributed by atoms with E-state index in [1.165, 1.54) is 6.92 Å². The van der Waals surface area contributed by atoms with Gasteiger partial charge in [0, 0.05) is 6.92 Å². The summed E-state index contributed by atoms with van der Waals surface area (Å²) in [6, 6.07) is -0.0821. The van der Waals surface area contributed by atoms with Crippen LogP contribution in [0.15, 0.2) is 0 Å². The van der Waals surface area contributed by atoms with Crippen molar-refractivity contribution in [3.05, 3.63) is 0 Å². The molecule has 0 unspecified atom stereocenters. The van der Waals surface area contributed by atoms with Gasteiger partial charge in [-0.2, -0.15) is 4.89 Å². The lowest BCUT2D eigenvalue weighted by Crippen LogP contribution is -2.04. The van der Waals surface area contributed by atoms with Crippen molar-refractivity contribution in [2.75, 3.05) is 12.9 Å². The number of halogens is 1. The van der Waals surface area contributed by atoms with Crippen LogP contribution in [0, 0.1) is 0 Å². The average molecular weight is 155 g/mol. The van der Waals surface area contributed by atoms with Crippen LogP contribution < -0.4 is 0 Å². The Morgan fingerprint density at radius 2 is 2.22 bits per heavy atom. The molecule has 0 radical (unpaired) electrons. The summed E-state index contributed by atoms with van der Waals surface area (Å²) in [5, 5.41) is 0. The van der Waals surface area contributed by atoms with E-state index in [9.17, 15) is 4.79 Å². The molecule has 0 aromatic heterocycles. The molecule has 9 heavy (non-hydrogen) atoms. The molecule has 0 bridgehead atoms. The molecule has 0 fully saturated rings. The van der Waals surface area contributed by atoms with Crippen LogP contribution in [0.1, 0.15) is 6.92 Å². The second kappa shape index (κ2) is 5.81. The number of carbonyl (C=O) groups excluding carboxylic acids is 1. The zero-order chi connectivity index (χ0) is 7.11. The number of esters is 1. The highest BCUT2D eigenvalue weighted by molar-refractivity contribution is 6.17. The van der Waals surface area contributed by atoms with Gasteiger partial charge in [0.05, 0.1) is 0 Å². The lowest BCUT2D eigenvalue weighted by Gasteiger charge is -1.99. The fourth-order valence-corrected chi connectivity index (χ4v) is 0.236. The molecule has 0 N–H and O–H groups in total. The molecule has 0 aliphatic rings. The van der Waals surface area contributed by atoms with Gasteiger partial charge in [-0.05, 0) is 0 Å². The third-order valence-corrected chi connectivity index (χ3v) is 0.527. The molecule has 54 valence electrons. The lowest BCUT2D eigenvalue weighted by molar-refractivity contribution is -0.318. The molecule has 0 heterocycles. The lowest BCUT2D eigenvalue weighted by atomic mass is 10.8. The highest BCUT2D eigenvalue weighted by Crippen LogP contribution is 1.83. The van der Waals surface area contributed by atoms with E-state index in [2.05, 4.69) is 14.5 Å². The van der Waals surface area contributed by atoms with Gasteiger partial charge in [0.15, 0.2) is 6.07 Å². The molecule has 0 rings (SSSR count). The predicted molar refractivity (Wildman–Crippen MR) is 29.5 cm³/mol. The van der Waals surface area contributed by atoms with Crippen LogP contribution in [0.2, 0.25) is 0 Å². The standard InChI is InChI=1S/C4H7ClO4/c1-4(6)7-3-9-8-2-5/h2-3H2,1H3. The topological polar surface area (TPSA) is 44.8 Å². The van der Waals surface area contributed by atoms with Gasteiger partial charge in [-0.1, -0.05) is 11.6 Å². The molecule has 0 aliphatic carbocycles. The van der Waals surface area contributed by atoms with Gasteiger partial charge in [-0.25, -0.2) is 4.89 Å². The van der Waals surface area contributed by atoms with Crippen LogP contribution in [-0.2, 0) is 19.3 Å². The van der Waals surface area contributed by atoms with Crippen molar-refractivity contribution in [1.29, 1.82) is 0 Å². The normalized spacial score (nSPS) is 9.11. The van der Waals surface area contributed by atoms with Gasteiger partial charge in [-0.3, -0.25) is 4.79 Å². The van der Waals surface area contributed by atoms with Crippen LogP contribution in [0.5, 0.6) is 0 Å². The Morgan fingerprint density at radius 3 is 2.67 bits per heavy atom. The Balaban J connectivity index is 2.83. The maximum absolute atomic E-state index is 10.0. The second-order valence-electron chi connectivity index (χ2n) is 1.10. The molecule has 0 saturated heterocycles. The van der Waals surface area contributed by atoms with Crippen LogP contribution in [-0.4, -0.2) is 18.8 Å². The van der Waals surface area contributed by atoms with Gasteiger partial charge in [0.2, 0.25) is 6.79 Å². The van der Waals surface area contributed by atoms with Gasteiger partial charge < -0.3 is 4.74 Å². The summed E-state index contributed by atoms with van der Waals surface area (Å²) >= 11 is 5.03. The smallest absolute Gasteiger partial charge is 0.304 e. The monoisotopic (exact) mass is 154 g/mol. The van der Waals surface area contributed by atoms with Crippen LogP contribution >= 0.6 is 11.6 Å². The van der Waals surface area contributed by atoms with Crippen molar-refractivity contribution in [3.63, 3.8) is 0 Å². The van der Waals surface area contributed by atoms with E-state index in [1.54, 1.807) is 0 Å². The number of alkyl halides is 1. The Morgan fingerprint density at radius 1 is 1.56 bits per heavy atom. The summed E-state index contributed by atoms with van der Waals surface area (Å²) in [7, 11) is 0. The Hall–Kier alpha value is -0.320. The molecule has 0 aromatic carbocycles. The van der Waals surface area contributed by atoms with E-state index in [4.69, 9.17) is 11.6 Å². The van der Waals surface area contributed by atoms with Crippen molar-refractivity contribution in [2.24, 2.45) is 0 Å². The summed E-state index contributed by atoms with van der Waals surface area (Å²) in [6.45, 7) is 1.05. The molecule has 0 saturated carbocycles. The number of hydrogen-bond donors (Lipinski definition) is 0. The first-order chi connectivity index (χ1) is 4.27. The quantitative estimate of drug-likeness (QED) is 0.149. The third kappa shape index (κ3) is 7.68. The first-order valence-corrected chi connectivity index (χ1v) is 2.74. The fraction of sp³-hybridized carbons (Fsp3) is 0.750. The van der Waals surface area contributed by atoms with Crippen LogP contribution in [0.25, 0.3) is 0 Å². The Bertz CT molecular complexity index is 84.6. The maximum Gasteiger partial charge on any atom is 0.304 e. The molecule has 5 heteroatoms. The van der Waals surface area contributed by atoms with Crippen molar-refractivity contribution >= 4 is 17.6 Å². The van der Waals surface area contributed by atoms with Gasteiger partial charge in [0.25, 0.3) is 0 Å². The summed E-state index contributed by atoms with van der Waals surface area (Å²) in [5.74, 6) is -0.423. The highest BCUT2D eigenvalue weighted by Gasteiger charge is 1.90. The first-order valence-electron chi connectivity index (χ1n) is 2.21. The minimum absolute atomic E-state index is 0.0821. The second-order valence-corrected chi connectivity index (χ2v) is 1.32. The van der Waals surface area contributed by atoms with Crippen LogP contribution in [0.3, 0.4) is 0 Å². The van der Waals surface area contributed by atoms with E-state index in [1.807, 2.05) is 0 Å². The summed E-state index contributed by atoms with van der Waals surface area (Å²) in [4.78, 5) is 18.4. The molecule has 0 aliphatic heterocycles. The van der Waals surface area contributed by atoms with E-state index >= 15 is 0 Å². The molecular weight excluding hydrogens is 147 g/mol. The van der Waals surface area contributed by atoms with E-state index in [0.717, 1.165) is 0 Å². The van der Waals surface area contributed by atoms with Gasteiger partial charge >= 0.3 is 5.97 Å². The number of carbonyl (C=O) groups is 1. The maximum atomic E-state index is 10.0. The molecule has 4 nitrogen and oxygen atoms in total. The van der Waals surface area contributed by atoms with E-state index in [0.29, 0.717) is 0 Å². The highest BCUT2D eigenvalue weighted by atomic mass is 35.5. The number of rotatable bonds is 4. The van der Waals surface area contributed by atoms with E-state index < -0.39 is 5.97 Å². The minimum atomic E-state index is -0.423. The largest absolute Gasteiger partial charge is 0.436 e. The van der Waals surface area contributed by atoms with Crippen molar-refractivity contribution in [2.45, 2.75) is 6.92 Å². The molecular formula is C4H7ClO4. The molecule has 0 amide bonds. The molecule has 0 aromatic rings. The zero-order valence-electron chi connectivity index (χ0n) is 4.93. The van der Waals surface area contributed by atoms with Crippen molar-refractivity contribution in [1.82, 2.24) is 0 Å². The fourth-order valence-electron chi connectivity index (χ4n) is 0.173. The van der Waals surface area contributed by atoms with Gasteiger partial charge in [0.1, 0.15) is 0 Å². The third-order valence-electron chi connectivity index (χ3n) is 0.438. The predicted octanol–water partition coefficient (Wildman–Crippen LogP) is 0.651. The summed E-state index contributed by atoms with van der Waals surface area (Å²) in [6.07, 6.45) is 0. The van der Waals surface area contributed by atoms with Crippen molar-refractivity contribution < 1.29 is 19.3 Å². The number of hydrogen-bond acceptors (Lipinski definition) is 4. The average Bonchev–Trinajstić information content (AvgIpc) is 1.80. The minimum Gasteiger partial charge on any atom is -0.436 e. The molecule has 0 atom stereocenters.